The summed E-state index contributed by atoms with van der Waals surface area (Å²) < 4.78 is 59.8. The first kappa shape index (κ1) is 14.6. The number of fused-ring (bicyclic) bond motifs is 2. The molecule has 0 saturated heterocycles. The molecule has 3 heterocycles. The second-order valence-electron chi connectivity index (χ2n) is 6.96. The number of methoxy groups -OCH3 is 1. The van der Waals surface area contributed by atoms with E-state index in [9.17, 15) is 9.18 Å². The molecule has 0 radical (unpaired) electrons. The molecule has 160 valence electrons. The number of aromatic nitrogens is 3. The van der Waals surface area contributed by atoms with Gasteiger partial charge in [-0.05, 0) is 48.0 Å². The number of nitrogens with zero attached hydrogens (tertiary/aromatic N) is 2. The third kappa shape index (κ3) is 3.62. The van der Waals surface area contributed by atoms with Crippen molar-refractivity contribution in [2.75, 3.05) is 17.7 Å². The Balaban J connectivity index is 1.42. The first-order valence-corrected chi connectivity index (χ1v) is 9.63. The fraction of sp³-hybridized carbons (Fsp3) is 0.0833. The molecule has 8 heteroatoms. The summed E-state index contributed by atoms with van der Waals surface area (Å²) in [5, 5.41) is 6.19. The van der Waals surface area contributed by atoms with Crippen LogP contribution < -0.4 is 15.4 Å². The lowest BCUT2D eigenvalue weighted by Gasteiger charge is -2.11. The Kier molecular flexibility index (Phi) is 3.69. The van der Waals surface area contributed by atoms with E-state index in [-0.39, 0.29) is 11.4 Å². The van der Waals surface area contributed by atoms with Crippen LogP contribution in [0.25, 0.3) is 21.9 Å². The predicted octanol–water partition coefficient (Wildman–Crippen LogP) is 5.36. The molecule has 0 bridgehead atoms. The van der Waals surface area contributed by atoms with E-state index < -0.39 is 25.4 Å². The molecule has 0 saturated carbocycles. The zero-order chi connectivity index (χ0) is 26.4. The standard InChI is InChI=1S/C24H20FN5O2/c1-32-16-5-6-19(25)21(13-16)29-24(31)28-20-3-2-4-22-18(20)9-12-30(22)14-15-7-10-26-23-17(15)8-11-27-23/h2-13H,14H2,1H3,(H,26,27)(H2,28,29,31)/i1D3,14D2. The highest BCUT2D eigenvalue weighted by Crippen LogP contribution is 2.27. The van der Waals surface area contributed by atoms with Gasteiger partial charge >= 0.3 is 6.03 Å². The van der Waals surface area contributed by atoms with Gasteiger partial charge in [0.25, 0.3) is 0 Å². The average molecular weight is 434 g/mol. The van der Waals surface area contributed by atoms with Crippen molar-refractivity contribution in [3.63, 3.8) is 0 Å². The fourth-order valence-corrected chi connectivity index (χ4v) is 3.50. The molecule has 3 N–H and O–H groups in total. The van der Waals surface area contributed by atoms with Gasteiger partial charge < -0.3 is 24.9 Å². The number of H-pyrrole nitrogens is 1. The number of carbonyl (C=O) groups is 1. The molecule has 0 unspecified atom stereocenters. The van der Waals surface area contributed by atoms with E-state index in [1.807, 2.05) is 0 Å². The lowest BCUT2D eigenvalue weighted by atomic mass is 10.2. The number of benzene rings is 2. The number of aromatic amines is 1. The van der Waals surface area contributed by atoms with E-state index in [2.05, 4.69) is 20.6 Å². The van der Waals surface area contributed by atoms with Crippen molar-refractivity contribution in [1.82, 2.24) is 14.5 Å². The summed E-state index contributed by atoms with van der Waals surface area (Å²) in [5.41, 5.74) is 1.59. The SMILES string of the molecule is [2H]C([2H])([2H])Oc1ccc(F)c(NC(=O)Nc2cccc3c2ccn3C([2H])([2H])c2ccnc3[nH]ccc23)c1. The summed E-state index contributed by atoms with van der Waals surface area (Å²) >= 11 is 0. The first-order chi connectivity index (χ1) is 17.5. The van der Waals surface area contributed by atoms with Crippen molar-refractivity contribution in [3.8, 4) is 5.75 Å². The Hall–Kier alpha value is -4.33. The first-order valence-electron chi connectivity index (χ1n) is 12.1. The van der Waals surface area contributed by atoms with Gasteiger partial charge in [-0.15, -0.1) is 0 Å². The summed E-state index contributed by atoms with van der Waals surface area (Å²) in [7, 11) is -2.73. The largest absolute Gasteiger partial charge is 0.497 e. The van der Waals surface area contributed by atoms with Gasteiger partial charge in [-0.25, -0.2) is 14.2 Å². The van der Waals surface area contributed by atoms with Crippen LogP contribution in [0, 0.1) is 5.82 Å². The number of anilines is 2. The molecule has 0 aliphatic heterocycles. The van der Waals surface area contributed by atoms with Crippen molar-refractivity contribution in [3.05, 3.63) is 84.6 Å². The number of nitrogens with one attached hydrogen (secondary N) is 3. The molecule has 0 aliphatic rings. The summed E-state index contributed by atoms with van der Waals surface area (Å²) in [5.74, 6) is -0.912. The molecule has 0 aliphatic carbocycles. The van der Waals surface area contributed by atoms with Gasteiger partial charge in [-0.3, -0.25) is 0 Å². The molecule has 7 nitrogen and oxygen atoms in total. The van der Waals surface area contributed by atoms with Crippen molar-refractivity contribution in [2.24, 2.45) is 0 Å². The highest BCUT2D eigenvalue weighted by Gasteiger charge is 2.12. The van der Waals surface area contributed by atoms with Crippen molar-refractivity contribution >= 4 is 39.3 Å². The zero-order valence-corrected chi connectivity index (χ0v) is 16.5. The van der Waals surface area contributed by atoms with Crippen LogP contribution in [0.4, 0.5) is 20.6 Å². The van der Waals surface area contributed by atoms with Crippen LogP contribution in [0.1, 0.15) is 12.4 Å². The Morgan fingerprint density at radius 1 is 1.19 bits per heavy atom. The van der Waals surface area contributed by atoms with Crippen LogP contribution in [-0.4, -0.2) is 27.6 Å². The maximum Gasteiger partial charge on any atom is 0.323 e. The summed E-state index contributed by atoms with van der Waals surface area (Å²) in [6.07, 6.45) is 4.81. The number of carbonyl (C=O) groups excluding carboxylic acids is 1. The number of hydrogen-bond acceptors (Lipinski definition) is 3. The monoisotopic (exact) mass is 434 g/mol. The quantitative estimate of drug-likeness (QED) is 0.348. The molecular weight excluding hydrogens is 409 g/mol. The lowest BCUT2D eigenvalue weighted by molar-refractivity contribution is 0.262. The number of halogens is 1. The van der Waals surface area contributed by atoms with Crippen LogP contribution in [0.15, 0.2) is 73.2 Å². The van der Waals surface area contributed by atoms with E-state index in [1.165, 1.54) is 10.8 Å². The van der Waals surface area contributed by atoms with E-state index in [0.29, 0.717) is 33.2 Å². The molecule has 2 amide bonds. The van der Waals surface area contributed by atoms with Gasteiger partial charge in [0, 0.05) is 41.9 Å². The summed E-state index contributed by atoms with van der Waals surface area (Å²) in [4.78, 5) is 19.9. The molecule has 5 aromatic rings. The number of hydrogen-bond donors (Lipinski definition) is 3. The van der Waals surface area contributed by atoms with E-state index in [1.54, 1.807) is 48.8 Å². The van der Waals surface area contributed by atoms with Crippen LogP contribution in [0.2, 0.25) is 0 Å². The lowest BCUT2D eigenvalue weighted by Crippen LogP contribution is -2.20. The number of pyridine rings is 1. The highest BCUT2D eigenvalue weighted by molar-refractivity contribution is 6.06. The normalized spacial score (nSPS) is 14.2. The number of urea groups is 1. The molecule has 0 spiro atoms. The fourth-order valence-electron chi connectivity index (χ4n) is 3.50. The molecule has 32 heavy (non-hydrogen) atoms. The Labute approximate surface area is 189 Å². The molecular formula is C24H20FN5O2. The molecule has 2 aromatic carbocycles. The smallest absolute Gasteiger partial charge is 0.323 e. The minimum absolute atomic E-state index is 0.134. The number of amides is 2. The maximum absolute atomic E-state index is 14.2. The molecule has 0 atom stereocenters. The Morgan fingerprint density at radius 2 is 2.09 bits per heavy atom. The summed E-state index contributed by atoms with van der Waals surface area (Å²) in [6.45, 7) is -1.95. The minimum atomic E-state index is -2.73. The van der Waals surface area contributed by atoms with Gasteiger partial charge in [0.1, 0.15) is 17.2 Å². The van der Waals surface area contributed by atoms with E-state index in [0.717, 1.165) is 18.2 Å². The van der Waals surface area contributed by atoms with Gasteiger partial charge in [0.15, 0.2) is 0 Å². The van der Waals surface area contributed by atoms with Gasteiger partial charge in [-0.2, -0.15) is 0 Å². The van der Waals surface area contributed by atoms with Gasteiger partial charge in [0.05, 0.1) is 30.8 Å². The highest BCUT2D eigenvalue weighted by atomic mass is 19.1. The topological polar surface area (TPSA) is 84.0 Å². The second kappa shape index (κ2) is 8.07. The van der Waals surface area contributed by atoms with Crippen LogP contribution in [0.3, 0.4) is 0 Å². The van der Waals surface area contributed by atoms with Crippen molar-refractivity contribution in [2.45, 2.75) is 6.50 Å². The third-order valence-electron chi connectivity index (χ3n) is 4.99. The minimum Gasteiger partial charge on any atom is -0.497 e. The van der Waals surface area contributed by atoms with E-state index in [4.69, 9.17) is 11.6 Å². The van der Waals surface area contributed by atoms with Crippen molar-refractivity contribution < 1.29 is 20.8 Å². The average Bonchev–Trinajstić information content (AvgIpc) is 3.48. The van der Waals surface area contributed by atoms with Gasteiger partial charge in [-0.1, -0.05) is 6.07 Å². The second-order valence-corrected chi connectivity index (χ2v) is 6.96. The Morgan fingerprint density at radius 3 is 3.00 bits per heavy atom. The molecule has 0 fully saturated rings. The van der Waals surface area contributed by atoms with Crippen molar-refractivity contribution in [1.29, 1.82) is 0 Å². The van der Waals surface area contributed by atoms with Crippen LogP contribution in [-0.2, 0) is 6.50 Å². The number of rotatable bonds is 5. The molecule has 3 aromatic heterocycles. The van der Waals surface area contributed by atoms with E-state index >= 15 is 0 Å². The Bertz CT molecular complexity index is 1630. The summed E-state index contributed by atoms with van der Waals surface area (Å²) in [6, 6.07) is 12.5. The maximum atomic E-state index is 14.2. The third-order valence-corrected chi connectivity index (χ3v) is 4.99. The number of ether oxygens (including phenoxy) is 1. The van der Waals surface area contributed by atoms with Crippen LogP contribution >= 0.6 is 0 Å². The predicted molar refractivity (Wildman–Crippen MR) is 123 cm³/mol. The zero-order valence-electron chi connectivity index (χ0n) is 21.5. The van der Waals surface area contributed by atoms with Crippen LogP contribution in [0.5, 0.6) is 5.75 Å². The van der Waals surface area contributed by atoms with Gasteiger partial charge in [0.2, 0.25) is 0 Å². The molecule has 5 rings (SSSR count).